The van der Waals surface area contributed by atoms with Crippen molar-refractivity contribution >= 4 is 164 Å². The summed E-state index contributed by atoms with van der Waals surface area (Å²) in [6, 6.07) is 155. The van der Waals surface area contributed by atoms with Gasteiger partial charge in [0.2, 0.25) is 11.9 Å². The standard InChI is InChI=1S/C128H77N9O3/c1-128(2)103-41-21-18-36-89(103)93-56-61-110-121(122(93)128)100-65-78(49-58-109(100)136(110)127-132-124(75-28-10-4-11-29-75)131-125(133-127)76-30-12-5-13-31-76)80-53-63-114-102(67-80)120-88(40-25-45-116(120)139-114)84-51-60-107-96(69-84)91-54-46-81(70-111(91)135(107)86-34-16-7-17-35-86)82-47-55-92-99-72-112-98(73-118(99)140-117(92)71-82)97-64-77(48-57-108(97)137(112)126-129-104-42-22-19-38-94(104)123(130-126)74-26-8-3-9-27-74)79-52-62-113-101(66-79)119-87(39-24-44-115(119)138-113)83-50-59-106-95(68-83)90-37-20-23-43-105(90)134(106)85-32-14-6-15-33-85/h3-73H,1-2H3. The quantitative estimate of drug-likeness (QED) is 0.118. The van der Waals surface area contributed by atoms with Gasteiger partial charge in [-0.15, -0.1) is 0 Å². The first-order chi connectivity index (χ1) is 69.1. The Hall–Kier alpha value is -18.7. The Morgan fingerprint density at radius 1 is 0.200 bits per heavy atom. The molecule has 140 heavy (non-hydrogen) atoms. The first-order valence-electron chi connectivity index (χ1n) is 47.6. The second-order valence-corrected chi connectivity index (χ2v) is 37.7. The molecule has 0 fully saturated rings. The van der Waals surface area contributed by atoms with Gasteiger partial charge >= 0.3 is 0 Å². The summed E-state index contributed by atoms with van der Waals surface area (Å²) >= 11 is 0. The summed E-state index contributed by atoms with van der Waals surface area (Å²) in [6.07, 6.45) is 0. The zero-order valence-electron chi connectivity index (χ0n) is 75.7. The first kappa shape index (κ1) is 77.8. The highest BCUT2D eigenvalue weighted by atomic mass is 16.3. The van der Waals surface area contributed by atoms with E-state index in [4.69, 9.17) is 38.2 Å². The van der Waals surface area contributed by atoms with E-state index in [0.29, 0.717) is 23.5 Å². The molecule has 0 saturated carbocycles. The van der Waals surface area contributed by atoms with Gasteiger partial charge in [-0.05, 0) is 236 Å². The molecule has 12 nitrogen and oxygen atoms in total. The van der Waals surface area contributed by atoms with Crippen molar-refractivity contribution in [2.75, 3.05) is 0 Å². The van der Waals surface area contributed by atoms with E-state index in [1.54, 1.807) is 0 Å². The van der Waals surface area contributed by atoms with E-state index in [1.165, 1.54) is 43.9 Å². The Bertz CT molecular complexity index is 10300. The number of furan rings is 3. The van der Waals surface area contributed by atoms with Gasteiger partial charge in [-0.3, -0.25) is 9.13 Å². The number of aromatic nitrogens is 9. The Labute approximate surface area is 800 Å². The normalized spacial score (nSPS) is 12.7. The summed E-state index contributed by atoms with van der Waals surface area (Å²) in [6.45, 7) is 4.74. The van der Waals surface area contributed by atoms with E-state index in [-0.39, 0.29) is 5.41 Å². The van der Waals surface area contributed by atoms with Crippen molar-refractivity contribution in [3.63, 3.8) is 0 Å². The van der Waals surface area contributed by atoms with Crippen LogP contribution < -0.4 is 0 Å². The van der Waals surface area contributed by atoms with E-state index < -0.39 is 0 Å². The van der Waals surface area contributed by atoms with Gasteiger partial charge in [0.1, 0.15) is 33.5 Å². The second-order valence-electron chi connectivity index (χ2n) is 37.7. The first-order valence-corrected chi connectivity index (χ1v) is 47.6. The fourth-order valence-electron chi connectivity index (χ4n) is 23.2. The lowest BCUT2D eigenvalue weighted by Gasteiger charge is -2.22. The Morgan fingerprint density at radius 2 is 0.614 bits per heavy atom. The molecule has 1 aliphatic rings. The Morgan fingerprint density at radius 3 is 1.25 bits per heavy atom. The molecular weight excluding hydrogens is 1710 g/mol. The van der Waals surface area contributed by atoms with Crippen LogP contribution in [0, 0.1) is 0 Å². The third-order valence-corrected chi connectivity index (χ3v) is 29.6. The van der Waals surface area contributed by atoms with Crippen LogP contribution in [0.15, 0.2) is 444 Å². The van der Waals surface area contributed by atoms with Gasteiger partial charge in [-0.1, -0.05) is 287 Å². The largest absolute Gasteiger partial charge is 0.456 e. The molecule has 0 spiro atoms. The van der Waals surface area contributed by atoms with Crippen LogP contribution in [-0.4, -0.2) is 43.2 Å². The van der Waals surface area contributed by atoms with Crippen molar-refractivity contribution in [3.8, 4) is 124 Å². The molecule has 0 N–H and O–H groups in total. The summed E-state index contributed by atoms with van der Waals surface area (Å²) in [5.74, 6) is 2.34. The maximum Gasteiger partial charge on any atom is 0.238 e. The maximum atomic E-state index is 7.22. The van der Waals surface area contributed by atoms with Crippen LogP contribution in [0.1, 0.15) is 25.0 Å². The summed E-state index contributed by atoms with van der Waals surface area (Å²) < 4.78 is 30.2. The molecule has 0 saturated heterocycles. The highest BCUT2D eigenvalue weighted by molar-refractivity contribution is 6.23. The van der Waals surface area contributed by atoms with Crippen molar-refractivity contribution < 1.29 is 13.3 Å². The lowest BCUT2D eigenvalue weighted by atomic mass is 9.80. The van der Waals surface area contributed by atoms with Gasteiger partial charge in [0, 0.05) is 114 Å². The topological polar surface area (TPSA) is 124 Å². The van der Waals surface area contributed by atoms with Gasteiger partial charge in [0.15, 0.2) is 11.6 Å². The van der Waals surface area contributed by atoms with Gasteiger partial charge in [0.25, 0.3) is 0 Å². The van der Waals surface area contributed by atoms with Gasteiger partial charge < -0.3 is 22.4 Å². The predicted octanol–water partition coefficient (Wildman–Crippen LogP) is 33.5. The van der Waals surface area contributed by atoms with Crippen molar-refractivity contribution in [3.05, 3.63) is 442 Å². The van der Waals surface area contributed by atoms with E-state index >= 15 is 0 Å². The van der Waals surface area contributed by atoms with Gasteiger partial charge in [-0.2, -0.15) is 9.97 Å². The zero-order valence-corrected chi connectivity index (χ0v) is 75.7. The zero-order chi connectivity index (χ0) is 91.8. The molecule has 0 radical (unpaired) electrons. The number of nitrogens with zero attached hydrogens (tertiary/aromatic N) is 9. The van der Waals surface area contributed by atoms with Crippen LogP contribution in [0.25, 0.3) is 288 Å². The molecule has 9 aromatic heterocycles. The summed E-state index contributed by atoms with van der Waals surface area (Å²) in [5, 5.41) is 16.2. The van der Waals surface area contributed by atoms with Crippen LogP contribution in [-0.2, 0) is 5.41 Å². The average molecular weight is 1790 g/mol. The minimum atomic E-state index is -0.324. The van der Waals surface area contributed by atoms with Crippen LogP contribution >= 0.6 is 0 Å². The minimum absolute atomic E-state index is 0.324. The van der Waals surface area contributed by atoms with Crippen molar-refractivity contribution in [1.82, 2.24) is 43.2 Å². The van der Waals surface area contributed by atoms with Crippen molar-refractivity contribution in [2.24, 2.45) is 0 Å². The molecule has 30 rings (SSSR count). The number of para-hydroxylation sites is 4. The molecular formula is C128H77N9O3. The third kappa shape index (κ3) is 11.6. The highest BCUT2D eigenvalue weighted by Crippen LogP contribution is 2.55. The fraction of sp³-hybridized carbons (Fsp3) is 0.0234. The number of benzene rings is 20. The molecule has 0 aliphatic heterocycles. The molecule has 20 aromatic carbocycles. The van der Waals surface area contributed by atoms with E-state index in [9.17, 15) is 0 Å². The molecule has 29 aromatic rings. The Kier molecular flexibility index (Phi) is 16.5. The van der Waals surface area contributed by atoms with E-state index in [0.717, 1.165) is 232 Å². The van der Waals surface area contributed by atoms with E-state index in [1.807, 2.05) is 36.4 Å². The lowest BCUT2D eigenvalue weighted by molar-refractivity contribution is 0.666. The van der Waals surface area contributed by atoms with Crippen LogP contribution in [0.4, 0.5) is 0 Å². The molecule has 1 aliphatic carbocycles. The lowest BCUT2D eigenvalue weighted by Crippen LogP contribution is -2.15. The molecule has 0 atom stereocenters. The van der Waals surface area contributed by atoms with Gasteiger partial charge in [-0.25, -0.2) is 15.0 Å². The highest BCUT2D eigenvalue weighted by Gasteiger charge is 2.39. The van der Waals surface area contributed by atoms with Crippen LogP contribution in [0.5, 0.6) is 0 Å². The smallest absolute Gasteiger partial charge is 0.238 e. The van der Waals surface area contributed by atoms with Crippen molar-refractivity contribution in [2.45, 2.75) is 19.3 Å². The minimum Gasteiger partial charge on any atom is -0.456 e. The van der Waals surface area contributed by atoms with Crippen LogP contribution in [0.3, 0.4) is 0 Å². The molecule has 9 heterocycles. The van der Waals surface area contributed by atoms with Crippen molar-refractivity contribution in [1.29, 1.82) is 0 Å². The summed E-state index contributed by atoms with van der Waals surface area (Å²) in [4.78, 5) is 26.9. The van der Waals surface area contributed by atoms with E-state index in [2.05, 4.69) is 426 Å². The Balaban J connectivity index is 0.536. The summed E-state index contributed by atoms with van der Waals surface area (Å²) in [5.41, 5.74) is 35.7. The molecule has 0 bridgehead atoms. The summed E-state index contributed by atoms with van der Waals surface area (Å²) in [7, 11) is 0. The average Bonchev–Trinajstić information content (AvgIpc) is 1.54. The molecule has 0 unspecified atom stereocenters. The maximum absolute atomic E-state index is 7.22. The molecule has 12 heteroatoms. The number of rotatable bonds is 12. The van der Waals surface area contributed by atoms with Gasteiger partial charge in [0.05, 0.1) is 55.3 Å². The number of hydrogen-bond acceptors (Lipinski definition) is 8. The third-order valence-electron chi connectivity index (χ3n) is 29.6. The SMILES string of the molecule is CC1(C)c2ccccc2-c2ccc3c(c21)c1cc(-c2ccc4oc5cccc(-c6ccc7c(c6)c6ccc(-c8ccc9c(c8)oc8cc%10c%11cc(-c%12ccc%13oc%14cccc(-c%15ccc%16c(c%15)c%15ccccc%15n%16-c%15ccccc%15)c%14c%13c%12)ccc%11n(-c%11nc(-c%12ccccc%12)c%12ccccc%12n%11)c%10cc89)cc6n7-c6ccccc6)c5c4c2)ccc1n3-c1nc(-c2ccccc2)nc(-c2ccccc2)n1. The second kappa shape index (κ2) is 29.7. The molecule has 0 amide bonds. The van der Waals surface area contributed by atoms with Crippen LogP contribution in [0.2, 0.25) is 0 Å². The fourth-order valence-corrected chi connectivity index (χ4v) is 23.2. The number of hydrogen-bond donors (Lipinski definition) is 0. The predicted molar refractivity (Wildman–Crippen MR) is 573 cm³/mol. The molecule has 652 valence electrons. The number of fused-ring (bicyclic) bond motifs is 26. The monoisotopic (exact) mass is 1790 g/mol.